The van der Waals surface area contributed by atoms with Gasteiger partial charge in [0, 0.05) is 11.3 Å². The third kappa shape index (κ3) is 0.955. The van der Waals surface area contributed by atoms with E-state index in [1.807, 2.05) is 0 Å². The van der Waals surface area contributed by atoms with E-state index in [1.54, 1.807) is 0 Å². The molecule has 0 bridgehead atoms. The number of rotatable bonds is 0. The number of hydrogen-bond acceptors (Lipinski definition) is 2. The van der Waals surface area contributed by atoms with Crippen molar-refractivity contribution in [3.63, 3.8) is 0 Å². The summed E-state index contributed by atoms with van der Waals surface area (Å²) < 4.78 is 0. The van der Waals surface area contributed by atoms with E-state index < -0.39 is 0 Å². The molecule has 1 saturated heterocycles. The summed E-state index contributed by atoms with van der Waals surface area (Å²) >= 11 is 4.65. The number of piperidine rings is 1. The fourth-order valence-corrected chi connectivity index (χ4v) is 3.17. The highest BCUT2D eigenvalue weighted by Gasteiger charge is 2.54. The van der Waals surface area contributed by atoms with Crippen LogP contribution in [0, 0.1) is 11.3 Å². The smallest absolute Gasteiger partial charge is 0.0168 e. The molecule has 0 aromatic rings. The molecule has 0 radical (unpaired) electrons. The molecule has 2 rings (SSSR count). The third-order valence-corrected chi connectivity index (χ3v) is 4.52. The zero-order valence-electron chi connectivity index (χ0n) is 7.30. The van der Waals surface area contributed by atoms with Crippen molar-refractivity contribution in [3.05, 3.63) is 0 Å². The van der Waals surface area contributed by atoms with Crippen molar-refractivity contribution in [1.29, 1.82) is 0 Å². The quantitative estimate of drug-likeness (QED) is 0.529. The SMILES string of the molecule is CC1(C)C(S)C2CCCNC21. The maximum atomic E-state index is 4.65. The summed E-state index contributed by atoms with van der Waals surface area (Å²) in [5.74, 6) is 0.849. The molecule has 1 saturated carbocycles. The normalized spacial score (nSPS) is 47.7. The van der Waals surface area contributed by atoms with E-state index in [0.717, 1.165) is 12.0 Å². The summed E-state index contributed by atoms with van der Waals surface area (Å²) in [7, 11) is 0. The van der Waals surface area contributed by atoms with Gasteiger partial charge >= 0.3 is 0 Å². The second-order valence-corrected chi connectivity index (χ2v) is 5.06. The van der Waals surface area contributed by atoms with Crippen LogP contribution in [0.1, 0.15) is 26.7 Å². The average molecular weight is 171 g/mol. The summed E-state index contributed by atoms with van der Waals surface area (Å²) in [5, 5.41) is 4.22. The Hall–Kier alpha value is 0.310. The monoisotopic (exact) mass is 171 g/mol. The van der Waals surface area contributed by atoms with Crippen LogP contribution in [-0.2, 0) is 0 Å². The first-order valence-electron chi connectivity index (χ1n) is 4.55. The summed E-state index contributed by atoms with van der Waals surface area (Å²) in [4.78, 5) is 0. The predicted molar refractivity (Wildman–Crippen MR) is 51.1 cm³/mol. The number of hydrogen-bond donors (Lipinski definition) is 2. The van der Waals surface area contributed by atoms with Crippen molar-refractivity contribution >= 4 is 12.6 Å². The highest BCUT2D eigenvalue weighted by molar-refractivity contribution is 7.81. The standard InChI is InChI=1S/C9H17NS/c1-9(2)7-6(8(9)11)4-3-5-10-7/h6-8,10-11H,3-5H2,1-2H3. The first-order chi connectivity index (χ1) is 5.14. The zero-order valence-corrected chi connectivity index (χ0v) is 8.20. The molecule has 2 aliphatic rings. The Morgan fingerprint density at radius 1 is 1.45 bits per heavy atom. The van der Waals surface area contributed by atoms with Crippen molar-refractivity contribution < 1.29 is 0 Å². The molecule has 1 heterocycles. The lowest BCUT2D eigenvalue weighted by Gasteiger charge is -2.59. The van der Waals surface area contributed by atoms with E-state index in [2.05, 4.69) is 31.8 Å². The van der Waals surface area contributed by atoms with Crippen molar-refractivity contribution in [2.24, 2.45) is 11.3 Å². The minimum Gasteiger partial charge on any atom is -0.313 e. The molecular weight excluding hydrogens is 154 g/mol. The second-order valence-electron chi connectivity index (χ2n) is 4.50. The maximum absolute atomic E-state index is 4.65. The van der Waals surface area contributed by atoms with Crippen LogP contribution in [0.15, 0.2) is 0 Å². The molecule has 3 unspecified atom stereocenters. The van der Waals surface area contributed by atoms with E-state index >= 15 is 0 Å². The first-order valence-corrected chi connectivity index (χ1v) is 5.07. The fourth-order valence-electron chi connectivity index (χ4n) is 2.69. The summed E-state index contributed by atoms with van der Waals surface area (Å²) in [6.07, 6.45) is 2.73. The van der Waals surface area contributed by atoms with Crippen LogP contribution >= 0.6 is 12.6 Å². The van der Waals surface area contributed by atoms with Gasteiger partial charge in [-0.3, -0.25) is 0 Å². The summed E-state index contributed by atoms with van der Waals surface area (Å²) in [6.45, 7) is 5.86. The van der Waals surface area contributed by atoms with Gasteiger partial charge in [-0.15, -0.1) is 0 Å². The van der Waals surface area contributed by atoms with Gasteiger partial charge in [-0.25, -0.2) is 0 Å². The van der Waals surface area contributed by atoms with E-state index in [0.29, 0.717) is 10.7 Å². The molecule has 0 aromatic carbocycles. The van der Waals surface area contributed by atoms with Gasteiger partial charge in [0.25, 0.3) is 0 Å². The van der Waals surface area contributed by atoms with Gasteiger partial charge in [0.15, 0.2) is 0 Å². The Labute approximate surface area is 74.4 Å². The highest BCUT2D eigenvalue weighted by Crippen LogP contribution is 2.51. The number of fused-ring (bicyclic) bond motifs is 1. The molecule has 0 aromatic heterocycles. The Morgan fingerprint density at radius 3 is 2.82 bits per heavy atom. The predicted octanol–water partition coefficient (Wildman–Crippen LogP) is 1.69. The molecule has 1 aliphatic carbocycles. The minimum atomic E-state index is 0.425. The molecule has 64 valence electrons. The maximum Gasteiger partial charge on any atom is 0.0168 e. The molecule has 1 aliphatic heterocycles. The largest absolute Gasteiger partial charge is 0.313 e. The van der Waals surface area contributed by atoms with Gasteiger partial charge in [-0.05, 0) is 30.7 Å². The first kappa shape index (κ1) is 7.93. The molecule has 2 heteroatoms. The molecule has 2 fully saturated rings. The minimum absolute atomic E-state index is 0.425. The van der Waals surface area contributed by atoms with Crippen LogP contribution in [-0.4, -0.2) is 17.8 Å². The Balaban J connectivity index is 2.09. The molecule has 1 nitrogen and oxygen atoms in total. The van der Waals surface area contributed by atoms with Crippen molar-refractivity contribution in [1.82, 2.24) is 5.32 Å². The van der Waals surface area contributed by atoms with Crippen LogP contribution < -0.4 is 5.32 Å². The lowest BCUT2D eigenvalue weighted by Crippen LogP contribution is -2.67. The lowest BCUT2D eigenvalue weighted by molar-refractivity contribution is 0.0157. The van der Waals surface area contributed by atoms with E-state index in [-0.39, 0.29) is 0 Å². The van der Waals surface area contributed by atoms with Gasteiger partial charge in [0.05, 0.1) is 0 Å². The lowest BCUT2D eigenvalue weighted by atomic mass is 9.57. The van der Waals surface area contributed by atoms with Crippen LogP contribution in [0.3, 0.4) is 0 Å². The van der Waals surface area contributed by atoms with Crippen LogP contribution in [0.5, 0.6) is 0 Å². The zero-order chi connectivity index (χ0) is 8.06. The Morgan fingerprint density at radius 2 is 2.18 bits per heavy atom. The summed E-state index contributed by atoms with van der Waals surface area (Å²) in [6, 6.07) is 0.749. The van der Waals surface area contributed by atoms with Gasteiger partial charge < -0.3 is 5.32 Å². The van der Waals surface area contributed by atoms with E-state index in [9.17, 15) is 0 Å². The van der Waals surface area contributed by atoms with Crippen LogP contribution in [0.2, 0.25) is 0 Å². The third-order valence-electron chi connectivity index (χ3n) is 3.48. The highest BCUT2D eigenvalue weighted by atomic mass is 32.1. The topological polar surface area (TPSA) is 12.0 Å². The van der Waals surface area contributed by atoms with Crippen LogP contribution in [0.25, 0.3) is 0 Å². The molecule has 1 N–H and O–H groups in total. The van der Waals surface area contributed by atoms with Gasteiger partial charge in [-0.1, -0.05) is 13.8 Å². The van der Waals surface area contributed by atoms with Gasteiger partial charge in [-0.2, -0.15) is 12.6 Å². The molecule has 0 amide bonds. The molecular formula is C9H17NS. The fraction of sp³-hybridized carbons (Fsp3) is 1.00. The molecule has 3 atom stereocenters. The molecule has 0 spiro atoms. The summed E-state index contributed by atoms with van der Waals surface area (Å²) in [5.41, 5.74) is 0.425. The molecule has 11 heavy (non-hydrogen) atoms. The number of nitrogens with one attached hydrogen (secondary N) is 1. The van der Waals surface area contributed by atoms with Gasteiger partial charge in [0.1, 0.15) is 0 Å². The van der Waals surface area contributed by atoms with Crippen molar-refractivity contribution in [2.75, 3.05) is 6.54 Å². The van der Waals surface area contributed by atoms with Crippen LogP contribution in [0.4, 0.5) is 0 Å². The van der Waals surface area contributed by atoms with E-state index in [4.69, 9.17) is 0 Å². The van der Waals surface area contributed by atoms with Crippen molar-refractivity contribution in [3.8, 4) is 0 Å². The Bertz CT molecular complexity index is 167. The Kier molecular flexibility index (Phi) is 1.73. The van der Waals surface area contributed by atoms with Gasteiger partial charge in [0.2, 0.25) is 0 Å². The second kappa shape index (κ2) is 2.40. The average Bonchev–Trinajstić information content (AvgIpc) is 2.04. The number of thiol groups is 1. The van der Waals surface area contributed by atoms with E-state index in [1.165, 1.54) is 19.4 Å². The van der Waals surface area contributed by atoms with Crippen molar-refractivity contribution in [2.45, 2.75) is 38.0 Å².